The summed E-state index contributed by atoms with van der Waals surface area (Å²) in [5, 5.41) is 4.61. The van der Waals surface area contributed by atoms with Gasteiger partial charge >= 0.3 is 0 Å². The zero-order valence-corrected chi connectivity index (χ0v) is 15.2. The van der Waals surface area contributed by atoms with Crippen LogP contribution in [0.2, 0.25) is 0 Å². The maximum absolute atomic E-state index is 5.27. The smallest absolute Gasteiger partial charge is 0.157 e. The summed E-state index contributed by atoms with van der Waals surface area (Å²) in [5.41, 5.74) is 1.59. The van der Waals surface area contributed by atoms with Gasteiger partial charge in [-0.15, -0.1) is 0 Å². The van der Waals surface area contributed by atoms with E-state index in [4.69, 9.17) is 9.73 Å². The molecule has 0 bridgehead atoms. The minimum absolute atomic E-state index is 0.0620. The van der Waals surface area contributed by atoms with Crippen LogP contribution in [0, 0.1) is 5.41 Å². The summed E-state index contributed by atoms with van der Waals surface area (Å²) in [7, 11) is 1.71. The van der Waals surface area contributed by atoms with Gasteiger partial charge in [0, 0.05) is 17.8 Å². The first kappa shape index (κ1) is 17.2. The van der Waals surface area contributed by atoms with Gasteiger partial charge in [-0.2, -0.15) is 0 Å². The maximum Gasteiger partial charge on any atom is 0.157 e. The minimum atomic E-state index is 0.0620. The van der Waals surface area contributed by atoms with Crippen LogP contribution < -0.4 is 10.1 Å². The fraction of sp³-hybridized carbons (Fsp3) is 0.611. The number of nitrogens with zero attached hydrogens (tertiary/aromatic N) is 1. The highest BCUT2D eigenvalue weighted by molar-refractivity contribution is 8.14. The van der Waals surface area contributed by atoms with Crippen LogP contribution in [-0.2, 0) is 4.75 Å². The van der Waals surface area contributed by atoms with Crippen molar-refractivity contribution in [3.63, 3.8) is 0 Å². The second-order valence-electron chi connectivity index (χ2n) is 7.27. The number of amidine groups is 1. The molecule has 3 nitrogen and oxygen atoms in total. The first-order valence-corrected chi connectivity index (χ1v) is 8.76. The van der Waals surface area contributed by atoms with Crippen molar-refractivity contribution >= 4 is 16.9 Å². The van der Waals surface area contributed by atoms with Crippen LogP contribution in [0.15, 0.2) is 29.3 Å². The molecule has 1 unspecified atom stereocenters. The first-order valence-electron chi connectivity index (χ1n) is 7.94. The summed E-state index contributed by atoms with van der Waals surface area (Å²) < 4.78 is 5.33. The second-order valence-corrected chi connectivity index (χ2v) is 8.76. The zero-order chi connectivity index (χ0) is 16.2. The molecule has 1 aliphatic rings. The molecular formula is C18H28N2OS. The van der Waals surface area contributed by atoms with Gasteiger partial charge in [-0.3, -0.25) is 4.99 Å². The van der Waals surface area contributed by atoms with Crippen LogP contribution >= 0.6 is 11.8 Å². The van der Waals surface area contributed by atoms with E-state index in [1.54, 1.807) is 7.11 Å². The molecule has 1 aromatic carbocycles. The lowest BCUT2D eigenvalue weighted by atomic mass is 9.95. The first-order chi connectivity index (χ1) is 10.3. The highest BCUT2D eigenvalue weighted by atomic mass is 32.2. The Morgan fingerprint density at radius 2 is 1.95 bits per heavy atom. The van der Waals surface area contributed by atoms with E-state index in [2.05, 4.69) is 45.1 Å². The van der Waals surface area contributed by atoms with Crippen molar-refractivity contribution in [3.8, 4) is 5.75 Å². The largest absolute Gasteiger partial charge is 0.497 e. The van der Waals surface area contributed by atoms with Gasteiger partial charge in [0.2, 0.25) is 0 Å². The lowest BCUT2D eigenvalue weighted by Gasteiger charge is -2.29. The SMILES string of the molecule is COc1ccc(C2(C)CCCN=C(NCC(C)(C)C)S2)cc1. The van der Waals surface area contributed by atoms with E-state index >= 15 is 0 Å². The third-order valence-electron chi connectivity index (χ3n) is 3.86. The van der Waals surface area contributed by atoms with Gasteiger partial charge in [0.05, 0.1) is 7.11 Å². The zero-order valence-electron chi connectivity index (χ0n) is 14.4. The number of ether oxygens (including phenoxy) is 1. The Hall–Kier alpha value is -1.16. The molecule has 0 saturated heterocycles. The molecule has 0 amide bonds. The van der Waals surface area contributed by atoms with Crippen LogP contribution in [-0.4, -0.2) is 25.4 Å². The van der Waals surface area contributed by atoms with Crippen LogP contribution in [0.4, 0.5) is 0 Å². The monoisotopic (exact) mass is 320 g/mol. The van der Waals surface area contributed by atoms with Crippen molar-refractivity contribution in [2.45, 2.75) is 45.3 Å². The second kappa shape index (κ2) is 6.95. The lowest BCUT2D eigenvalue weighted by molar-refractivity contribution is 0.410. The molecule has 1 heterocycles. The molecule has 22 heavy (non-hydrogen) atoms. The molecule has 0 fully saturated rings. The lowest BCUT2D eigenvalue weighted by Crippen LogP contribution is -2.33. The standard InChI is InChI=1S/C18H28N2OS/c1-17(2,3)13-20-16-19-12-6-11-18(4,22-16)14-7-9-15(21-5)10-8-14/h7-10H,6,11-13H2,1-5H3,(H,19,20). The highest BCUT2D eigenvalue weighted by Gasteiger charge is 2.31. The van der Waals surface area contributed by atoms with E-state index in [-0.39, 0.29) is 10.2 Å². The van der Waals surface area contributed by atoms with E-state index in [0.717, 1.165) is 36.8 Å². The van der Waals surface area contributed by atoms with Crippen molar-refractivity contribution in [3.05, 3.63) is 29.8 Å². The number of benzene rings is 1. The predicted molar refractivity (Wildman–Crippen MR) is 96.9 cm³/mol. The topological polar surface area (TPSA) is 33.6 Å². The van der Waals surface area contributed by atoms with Crippen LogP contribution in [0.5, 0.6) is 5.75 Å². The average molecular weight is 321 g/mol. The summed E-state index contributed by atoms with van der Waals surface area (Å²) in [6, 6.07) is 8.45. The number of rotatable bonds is 3. The van der Waals surface area contributed by atoms with Crippen molar-refractivity contribution in [1.29, 1.82) is 0 Å². The summed E-state index contributed by atoms with van der Waals surface area (Å²) in [4.78, 5) is 4.72. The molecule has 0 radical (unpaired) electrons. The number of hydrogen-bond donors (Lipinski definition) is 1. The quantitative estimate of drug-likeness (QED) is 0.894. The molecule has 1 aromatic rings. The third-order valence-corrected chi connectivity index (χ3v) is 5.22. The molecule has 0 saturated carbocycles. The van der Waals surface area contributed by atoms with Gasteiger partial charge in [0.15, 0.2) is 5.17 Å². The molecule has 122 valence electrons. The average Bonchev–Trinajstić information content (AvgIpc) is 2.67. The van der Waals surface area contributed by atoms with Gasteiger partial charge in [0.1, 0.15) is 5.75 Å². The summed E-state index contributed by atoms with van der Waals surface area (Å²) in [6.07, 6.45) is 2.25. The fourth-order valence-corrected chi connectivity index (χ4v) is 3.70. The molecule has 0 aliphatic carbocycles. The van der Waals surface area contributed by atoms with Gasteiger partial charge in [-0.25, -0.2) is 0 Å². The third kappa shape index (κ3) is 4.67. The molecule has 0 spiro atoms. The Balaban J connectivity index is 2.13. The molecule has 1 N–H and O–H groups in total. The Bertz CT molecular complexity index is 519. The molecule has 2 rings (SSSR count). The highest BCUT2D eigenvalue weighted by Crippen LogP contribution is 2.42. The molecule has 0 aromatic heterocycles. The molecule has 1 aliphatic heterocycles. The van der Waals surface area contributed by atoms with E-state index in [0.29, 0.717) is 0 Å². The molecule has 4 heteroatoms. The summed E-state index contributed by atoms with van der Waals surface area (Å²) in [6.45, 7) is 10.9. The van der Waals surface area contributed by atoms with Crippen LogP contribution in [0.25, 0.3) is 0 Å². The van der Waals surface area contributed by atoms with E-state index in [1.807, 2.05) is 23.9 Å². The Morgan fingerprint density at radius 3 is 2.55 bits per heavy atom. The molecule has 1 atom stereocenters. The van der Waals surface area contributed by atoms with E-state index in [1.165, 1.54) is 5.56 Å². The maximum atomic E-state index is 5.27. The number of thioether (sulfide) groups is 1. The van der Waals surface area contributed by atoms with Gasteiger partial charge < -0.3 is 10.1 Å². The van der Waals surface area contributed by atoms with Crippen LogP contribution in [0.1, 0.15) is 46.1 Å². The van der Waals surface area contributed by atoms with Gasteiger partial charge in [-0.1, -0.05) is 44.7 Å². The van der Waals surface area contributed by atoms with Gasteiger partial charge in [0.25, 0.3) is 0 Å². The van der Waals surface area contributed by atoms with Crippen molar-refractivity contribution < 1.29 is 4.74 Å². The number of aliphatic imine (C=N–C) groups is 1. The fourth-order valence-electron chi connectivity index (χ4n) is 2.47. The number of nitrogens with one attached hydrogen (secondary N) is 1. The number of methoxy groups -OCH3 is 1. The molecular weight excluding hydrogens is 292 g/mol. The minimum Gasteiger partial charge on any atom is -0.497 e. The Morgan fingerprint density at radius 1 is 1.27 bits per heavy atom. The summed E-state index contributed by atoms with van der Waals surface area (Å²) >= 11 is 1.86. The Kier molecular flexibility index (Phi) is 5.43. The van der Waals surface area contributed by atoms with E-state index < -0.39 is 0 Å². The van der Waals surface area contributed by atoms with Crippen molar-refractivity contribution in [2.24, 2.45) is 10.4 Å². The normalized spacial score (nSPS) is 22.7. The predicted octanol–water partition coefficient (Wildman–Crippen LogP) is 4.43. The number of hydrogen-bond acceptors (Lipinski definition) is 4. The van der Waals surface area contributed by atoms with Crippen molar-refractivity contribution in [1.82, 2.24) is 5.32 Å². The van der Waals surface area contributed by atoms with Crippen LogP contribution in [0.3, 0.4) is 0 Å². The van der Waals surface area contributed by atoms with E-state index in [9.17, 15) is 0 Å². The van der Waals surface area contributed by atoms with Gasteiger partial charge in [-0.05, 0) is 42.9 Å². The summed E-state index contributed by atoms with van der Waals surface area (Å²) in [5.74, 6) is 0.908. The Labute approximate surface area is 138 Å². The van der Waals surface area contributed by atoms with Crippen molar-refractivity contribution in [2.75, 3.05) is 20.2 Å².